The number of guanidine groups is 1. The largest absolute Gasteiger partial charge is 0.379 e. The average Bonchev–Trinajstić information content (AvgIpc) is 3.46. The maximum atomic E-state index is 5.53. The molecule has 0 amide bonds. The molecule has 1 aromatic carbocycles. The van der Waals surface area contributed by atoms with Crippen LogP contribution >= 0.6 is 35.3 Å². The average molecular weight is 555 g/mol. The summed E-state index contributed by atoms with van der Waals surface area (Å²) in [5, 5.41) is 9.10. The number of fused-ring (bicyclic) bond motifs is 1. The van der Waals surface area contributed by atoms with Crippen LogP contribution in [-0.4, -0.2) is 67.3 Å². The van der Waals surface area contributed by atoms with Crippen molar-refractivity contribution in [3.8, 4) is 0 Å². The van der Waals surface area contributed by atoms with Crippen LogP contribution in [0.4, 0.5) is 0 Å². The van der Waals surface area contributed by atoms with Crippen molar-refractivity contribution in [1.82, 2.24) is 25.5 Å². The molecule has 3 N–H and O–H groups in total. The summed E-state index contributed by atoms with van der Waals surface area (Å²) in [5.41, 5.74) is 2.13. The van der Waals surface area contributed by atoms with Gasteiger partial charge in [-0.05, 0) is 30.0 Å². The molecule has 1 unspecified atom stereocenters. The number of aliphatic imine (C=N–C) groups is 1. The highest BCUT2D eigenvalue weighted by Gasteiger charge is 2.23. The molecule has 3 aromatic rings. The molecule has 4 rings (SSSR count). The Balaban J connectivity index is 0.00000272. The van der Waals surface area contributed by atoms with Gasteiger partial charge in [0, 0.05) is 44.5 Å². The zero-order valence-electron chi connectivity index (χ0n) is 17.8. The number of aromatic nitrogens is 2. The smallest absolute Gasteiger partial charge is 0.191 e. The van der Waals surface area contributed by atoms with Crippen LogP contribution in [0.15, 0.2) is 46.8 Å². The molecule has 1 fully saturated rings. The topological polar surface area (TPSA) is 77.6 Å². The number of H-pyrrole nitrogens is 1. The summed E-state index contributed by atoms with van der Waals surface area (Å²) in [6.07, 6.45) is 1.89. The molecule has 0 aliphatic carbocycles. The Morgan fingerprint density at radius 1 is 1.23 bits per heavy atom. The number of para-hydroxylation sites is 2. The Kier molecular flexibility index (Phi) is 9.56. The van der Waals surface area contributed by atoms with Crippen molar-refractivity contribution in [2.24, 2.45) is 4.99 Å². The second-order valence-electron chi connectivity index (χ2n) is 7.36. The van der Waals surface area contributed by atoms with Crippen molar-refractivity contribution in [3.63, 3.8) is 0 Å². The van der Waals surface area contributed by atoms with E-state index in [1.54, 1.807) is 0 Å². The first kappa shape index (κ1) is 24.0. The molecule has 9 heteroatoms. The van der Waals surface area contributed by atoms with Crippen LogP contribution < -0.4 is 10.6 Å². The summed E-state index contributed by atoms with van der Waals surface area (Å²) in [5.74, 6) is 1.88. The SMILES string of the molecule is CN=C(NCCCc1nc2ccccc2[nH]1)NCC(c1cccs1)N1CCOCC1.I. The van der Waals surface area contributed by atoms with Crippen molar-refractivity contribution < 1.29 is 4.74 Å². The van der Waals surface area contributed by atoms with Gasteiger partial charge in [0.1, 0.15) is 5.82 Å². The molecule has 31 heavy (non-hydrogen) atoms. The number of nitrogens with zero attached hydrogens (tertiary/aromatic N) is 3. The minimum absolute atomic E-state index is 0. The lowest BCUT2D eigenvalue weighted by atomic mass is 10.2. The van der Waals surface area contributed by atoms with Gasteiger partial charge < -0.3 is 20.4 Å². The van der Waals surface area contributed by atoms with Crippen molar-refractivity contribution in [2.45, 2.75) is 18.9 Å². The molecule has 1 saturated heterocycles. The first-order valence-corrected chi connectivity index (χ1v) is 11.4. The zero-order chi connectivity index (χ0) is 20.6. The molecule has 1 aliphatic heterocycles. The Labute approximate surface area is 204 Å². The summed E-state index contributed by atoms with van der Waals surface area (Å²) in [6.45, 7) is 5.20. The highest BCUT2D eigenvalue weighted by Crippen LogP contribution is 2.25. The molecule has 1 aliphatic rings. The van der Waals surface area contributed by atoms with E-state index in [0.29, 0.717) is 6.04 Å². The van der Waals surface area contributed by atoms with E-state index < -0.39 is 0 Å². The van der Waals surface area contributed by atoms with Gasteiger partial charge in [-0.3, -0.25) is 9.89 Å². The zero-order valence-corrected chi connectivity index (χ0v) is 21.0. The quantitative estimate of drug-likeness (QED) is 0.172. The number of aromatic amines is 1. The first-order valence-electron chi connectivity index (χ1n) is 10.6. The van der Waals surface area contributed by atoms with Crippen LogP contribution in [-0.2, 0) is 11.2 Å². The fourth-order valence-corrected chi connectivity index (χ4v) is 4.64. The third kappa shape index (κ3) is 6.64. The predicted octanol–water partition coefficient (Wildman–Crippen LogP) is 3.41. The van der Waals surface area contributed by atoms with Gasteiger partial charge in [0.25, 0.3) is 0 Å². The molecular weight excluding hydrogens is 523 g/mol. The third-order valence-corrected chi connectivity index (χ3v) is 6.34. The number of imidazole rings is 1. The maximum absolute atomic E-state index is 5.53. The van der Waals surface area contributed by atoms with Gasteiger partial charge in [-0.25, -0.2) is 4.98 Å². The van der Waals surface area contributed by atoms with E-state index in [2.05, 4.69) is 54.1 Å². The number of hydrogen-bond donors (Lipinski definition) is 3. The van der Waals surface area contributed by atoms with Crippen LogP contribution in [0.25, 0.3) is 11.0 Å². The number of benzene rings is 1. The maximum Gasteiger partial charge on any atom is 0.191 e. The van der Waals surface area contributed by atoms with E-state index in [0.717, 1.165) is 75.1 Å². The van der Waals surface area contributed by atoms with Gasteiger partial charge in [0.2, 0.25) is 0 Å². The van der Waals surface area contributed by atoms with Crippen molar-refractivity contribution in [3.05, 3.63) is 52.5 Å². The second kappa shape index (κ2) is 12.4. The van der Waals surface area contributed by atoms with Crippen LogP contribution in [0.3, 0.4) is 0 Å². The Morgan fingerprint density at radius 3 is 2.81 bits per heavy atom. The predicted molar refractivity (Wildman–Crippen MR) is 139 cm³/mol. The molecule has 0 radical (unpaired) electrons. The summed E-state index contributed by atoms with van der Waals surface area (Å²) in [4.78, 5) is 16.3. The lowest BCUT2D eigenvalue weighted by Gasteiger charge is -2.34. The number of morpholine rings is 1. The highest BCUT2D eigenvalue weighted by molar-refractivity contribution is 14.0. The molecule has 7 nitrogen and oxygen atoms in total. The number of nitrogens with one attached hydrogen (secondary N) is 3. The Hall–Kier alpha value is -1.69. The van der Waals surface area contributed by atoms with Gasteiger partial charge in [-0.1, -0.05) is 18.2 Å². The molecule has 3 heterocycles. The van der Waals surface area contributed by atoms with E-state index in [9.17, 15) is 0 Å². The standard InChI is InChI=1S/C22H30N6OS.HI/c1-23-22(24-10-4-9-21-26-17-6-2-3-7-18(17)27-21)25-16-19(20-8-5-15-30-20)28-11-13-29-14-12-28;/h2-3,5-8,15,19H,4,9-14,16H2,1H3,(H,26,27)(H2,23,24,25);1H. The normalized spacial score (nSPS) is 16.1. The monoisotopic (exact) mass is 554 g/mol. The highest BCUT2D eigenvalue weighted by atomic mass is 127. The van der Waals surface area contributed by atoms with E-state index in [1.807, 2.05) is 36.6 Å². The van der Waals surface area contributed by atoms with E-state index >= 15 is 0 Å². The number of halogens is 1. The van der Waals surface area contributed by atoms with Crippen LogP contribution in [0, 0.1) is 0 Å². The van der Waals surface area contributed by atoms with Gasteiger partial charge in [0.05, 0.1) is 30.3 Å². The summed E-state index contributed by atoms with van der Waals surface area (Å²) in [7, 11) is 1.82. The lowest BCUT2D eigenvalue weighted by Crippen LogP contribution is -2.46. The van der Waals surface area contributed by atoms with Crippen LogP contribution in [0.5, 0.6) is 0 Å². The third-order valence-electron chi connectivity index (χ3n) is 5.37. The van der Waals surface area contributed by atoms with Crippen molar-refractivity contribution >= 4 is 52.3 Å². The van der Waals surface area contributed by atoms with Crippen molar-refractivity contribution in [1.29, 1.82) is 0 Å². The molecule has 1 atom stereocenters. The van der Waals surface area contributed by atoms with E-state index in [4.69, 9.17) is 4.74 Å². The number of rotatable bonds is 8. The number of aryl methyl sites for hydroxylation is 1. The molecule has 0 spiro atoms. The van der Waals surface area contributed by atoms with E-state index in [-0.39, 0.29) is 24.0 Å². The van der Waals surface area contributed by atoms with Crippen molar-refractivity contribution in [2.75, 3.05) is 46.4 Å². The summed E-state index contributed by atoms with van der Waals surface area (Å²) in [6, 6.07) is 12.8. The fraction of sp³-hybridized carbons (Fsp3) is 0.455. The van der Waals surface area contributed by atoms with E-state index in [1.165, 1.54) is 4.88 Å². The fourth-order valence-electron chi connectivity index (χ4n) is 3.78. The minimum Gasteiger partial charge on any atom is -0.379 e. The molecular formula is C22H31IN6OS. The van der Waals surface area contributed by atoms with Gasteiger partial charge >= 0.3 is 0 Å². The molecule has 0 bridgehead atoms. The Bertz CT molecular complexity index is 906. The van der Waals surface area contributed by atoms with Gasteiger partial charge in [-0.15, -0.1) is 35.3 Å². The number of ether oxygens (including phenoxy) is 1. The minimum atomic E-state index is 0. The number of thiophene rings is 1. The van der Waals surface area contributed by atoms with Crippen LogP contribution in [0.2, 0.25) is 0 Å². The molecule has 0 saturated carbocycles. The lowest BCUT2D eigenvalue weighted by molar-refractivity contribution is 0.0177. The second-order valence-corrected chi connectivity index (χ2v) is 8.34. The van der Waals surface area contributed by atoms with Crippen LogP contribution in [0.1, 0.15) is 23.2 Å². The summed E-state index contributed by atoms with van der Waals surface area (Å²) < 4.78 is 5.53. The number of hydrogen-bond acceptors (Lipinski definition) is 5. The van der Waals surface area contributed by atoms with Gasteiger partial charge in [0.15, 0.2) is 5.96 Å². The molecule has 168 valence electrons. The van der Waals surface area contributed by atoms with Gasteiger partial charge in [-0.2, -0.15) is 0 Å². The Morgan fingerprint density at radius 2 is 2.06 bits per heavy atom. The molecule has 2 aromatic heterocycles. The summed E-state index contributed by atoms with van der Waals surface area (Å²) >= 11 is 1.81. The first-order chi connectivity index (χ1) is 14.8.